The SMILES string of the molecule is CN(C)Cc1nc2cc(Cl)c(Cl)cc2n1CC(=O)C[C@@H]1[C@@H](O[Si](C)(C)C(C)(C)C)CCCN1C(=O)OCc1ccccc1. The Kier molecular flexibility index (Phi) is 10.7. The smallest absolute Gasteiger partial charge is 0.410 e. The quantitative estimate of drug-likeness (QED) is 0.212. The highest BCUT2D eigenvalue weighted by Gasteiger charge is 2.44. The molecule has 0 unspecified atom stereocenters. The van der Waals surface area contributed by atoms with Crippen LogP contribution in [0.15, 0.2) is 42.5 Å². The van der Waals surface area contributed by atoms with Crippen molar-refractivity contribution in [1.82, 2.24) is 19.4 Å². The van der Waals surface area contributed by atoms with E-state index in [1.165, 1.54) is 0 Å². The Hall–Kier alpha value is -2.43. The summed E-state index contributed by atoms with van der Waals surface area (Å²) in [5.41, 5.74) is 2.34. The molecule has 234 valence electrons. The Bertz CT molecular complexity index is 1440. The molecule has 0 spiro atoms. The number of imidazole rings is 1. The van der Waals surface area contributed by atoms with Crippen LogP contribution in [0.5, 0.6) is 0 Å². The van der Waals surface area contributed by atoms with Gasteiger partial charge in [-0.25, -0.2) is 9.78 Å². The van der Waals surface area contributed by atoms with Crippen LogP contribution in [0.25, 0.3) is 11.0 Å². The molecule has 2 heterocycles. The number of fused-ring (bicyclic) bond motifs is 1. The summed E-state index contributed by atoms with van der Waals surface area (Å²) in [6.07, 6.45) is 1.01. The van der Waals surface area contributed by atoms with Crippen LogP contribution in [0.4, 0.5) is 4.79 Å². The molecule has 0 aliphatic carbocycles. The minimum Gasteiger partial charge on any atom is -0.445 e. The Morgan fingerprint density at radius 2 is 1.77 bits per heavy atom. The number of carbonyl (C=O) groups excluding carboxylic acids is 2. The number of aromatic nitrogens is 2. The molecule has 0 bridgehead atoms. The topological polar surface area (TPSA) is 76.9 Å². The number of likely N-dealkylation sites (tertiary alicyclic amines) is 1. The average Bonchev–Trinajstić information content (AvgIpc) is 3.22. The minimum absolute atomic E-state index is 0.0188. The third-order valence-electron chi connectivity index (χ3n) is 8.51. The zero-order valence-corrected chi connectivity index (χ0v) is 28.8. The first kappa shape index (κ1) is 33.5. The highest BCUT2D eigenvalue weighted by Crippen LogP contribution is 2.40. The molecule has 2 atom stereocenters. The molecule has 0 N–H and O–H groups in total. The molecule has 3 aromatic rings. The maximum atomic E-state index is 13.9. The summed E-state index contributed by atoms with van der Waals surface area (Å²) in [6.45, 7) is 12.3. The van der Waals surface area contributed by atoms with Crippen molar-refractivity contribution in [1.29, 1.82) is 0 Å². The first-order valence-corrected chi connectivity index (χ1v) is 18.5. The molecule has 0 radical (unpaired) electrons. The van der Waals surface area contributed by atoms with Gasteiger partial charge in [0.25, 0.3) is 0 Å². The van der Waals surface area contributed by atoms with Crippen molar-refractivity contribution in [2.24, 2.45) is 0 Å². The zero-order valence-electron chi connectivity index (χ0n) is 26.3. The van der Waals surface area contributed by atoms with E-state index in [0.29, 0.717) is 28.7 Å². The number of hydrogen-bond acceptors (Lipinski definition) is 6. The molecule has 4 rings (SSSR count). The van der Waals surface area contributed by atoms with Gasteiger partial charge < -0.3 is 23.5 Å². The maximum Gasteiger partial charge on any atom is 0.410 e. The van der Waals surface area contributed by atoms with Gasteiger partial charge in [0.1, 0.15) is 12.4 Å². The number of Topliss-reactive ketones (excluding diaryl/α,β-unsaturated/α-hetero) is 1. The van der Waals surface area contributed by atoms with E-state index < -0.39 is 20.5 Å². The number of carbonyl (C=O) groups is 2. The molecule has 1 amide bonds. The van der Waals surface area contributed by atoms with E-state index in [1.807, 2.05) is 53.9 Å². The molecule has 43 heavy (non-hydrogen) atoms. The van der Waals surface area contributed by atoms with Crippen molar-refractivity contribution in [3.8, 4) is 0 Å². The van der Waals surface area contributed by atoms with Gasteiger partial charge in [-0.3, -0.25) is 4.79 Å². The van der Waals surface area contributed by atoms with Crippen molar-refractivity contribution in [3.63, 3.8) is 0 Å². The number of piperidine rings is 1. The lowest BCUT2D eigenvalue weighted by atomic mass is 9.95. The second kappa shape index (κ2) is 13.7. The van der Waals surface area contributed by atoms with E-state index in [4.69, 9.17) is 37.3 Å². The van der Waals surface area contributed by atoms with Crippen LogP contribution in [0.3, 0.4) is 0 Å². The van der Waals surface area contributed by atoms with Crippen molar-refractivity contribution in [2.45, 2.75) is 90.0 Å². The number of benzene rings is 2. The third kappa shape index (κ3) is 8.19. The van der Waals surface area contributed by atoms with Gasteiger partial charge in [0, 0.05) is 13.0 Å². The summed E-state index contributed by atoms with van der Waals surface area (Å²) >= 11 is 12.7. The Morgan fingerprint density at radius 3 is 2.42 bits per heavy atom. The summed E-state index contributed by atoms with van der Waals surface area (Å²) in [5.74, 6) is 0.713. The molecule has 8 nitrogen and oxygen atoms in total. The predicted molar refractivity (Wildman–Crippen MR) is 175 cm³/mol. The van der Waals surface area contributed by atoms with Crippen molar-refractivity contribution in [3.05, 3.63) is 63.9 Å². The van der Waals surface area contributed by atoms with Gasteiger partial charge in [-0.05, 0) is 62.8 Å². The largest absolute Gasteiger partial charge is 0.445 e. The third-order valence-corrected chi connectivity index (χ3v) is 13.7. The minimum atomic E-state index is -2.20. The van der Waals surface area contributed by atoms with Crippen LogP contribution in [-0.2, 0) is 33.7 Å². The first-order valence-electron chi connectivity index (χ1n) is 14.8. The van der Waals surface area contributed by atoms with Crippen molar-refractivity contribution >= 4 is 54.4 Å². The second-order valence-corrected chi connectivity index (χ2v) is 18.8. The van der Waals surface area contributed by atoms with E-state index >= 15 is 0 Å². The highest BCUT2D eigenvalue weighted by atomic mass is 35.5. The normalized spacial score (nSPS) is 18.0. The zero-order chi connectivity index (χ0) is 31.5. The fourth-order valence-corrected chi connectivity index (χ4v) is 6.91. The van der Waals surface area contributed by atoms with Gasteiger partial charge >= 0.3 is 6.09 Å². The number of nitrogens with zero attached hydrogens (tertiary/aromatic N) is 4. The van der Waals surface area contributed by atoms with Gasteiger partial charge in [0.05, 0.1) is 46.3 Å². The Balaban J connectivity index is 1.62. The number of rotatable bonds is 10. The van der Waals surface area contributed by atoms with E-state index in [9.17, 15) is 9.59 Å². The predicted octanol–water partition coefficient (Wildman–Crippen LogP) is 7.56. The van der Waals surface area contributed by atoms with Crippen molar-refractivity contribution < 1.29 is 18.8 Å². The van der Waals surface area contributed by atoms with Crippen LogP contribution >= 0.6 is 23.2 Å². The maximum absolute atomic E-state index is 13.9. The molecule has 11 heteroatoms. The van der Waals surface area contributed by atoms with Crippen LogP contribution in [-0.4, -0.2) is 72.3 Å². The molecular formula is C32H44Cl2N4O4Si. The standard InChI is InChI=1S/C32H44Cl2N4O4Si/c1-32(2,3)43(6,7)42-29-14-11-15-37(31(40)41-21-22-12-9-8-10-13-22)28(29)16-23(39)19-38-27-18-25(34)24(33)17-26(27)35-30(38)20-36(4)5/h8-10,12-13,17-18,28-29H,11,14-16,19-21H2,1-7H3/t28-,29+/m1/s1. The number of ketones is 1. The molecular weight excluding hydrogens is 603 g/mol. The summed E-state index contributed by atoms with van der Waals surface area (Å²) in [7, 11) is 1.71. The second-order valence-electron chi connectivity index (χ2n) is 13.2. The van der Waals surface area contributed by atoms with E-state index in [1.54, 1.807) is 17.0 Å². The van der Waals surface area contributed by atoms with Gasteiger partial charge in [-0.1, -0.05) is 74.3 Å². The monoisotopic (exact) mass is 646 g/mol. The molecule has 1 fully saturated rings. The van der Waals surface area contributed by atoms with Crippen LogP contribution < -0.4 is 0 Å². The molecule has 1 aliphatic rings. The van der Waals surface area contributed by atoms with E-state index in [0.717, 1.165) is 29.7 Å². The lowest BCUT2D eigenvalue weighted by molar-refractivity contribution is -0.122. The fourth-order valence-electron chi connectivity index (χ4n) is 5.21. The lowest BCUT2D eigenvalue weighted by Crippen LogP contribution is -2.56. The number of ether oxygens (including phenoxy) is 1. The molecule has 1 aliphatic heterocycles. The van der Waals surface area contributed by atoms with Crippen LogP contribution in [0.1, 0.15) is 51.4 Å². The van der Waals surface area contributed by atoms with Gasteiger partial charge in [-0.2, -0.15) is 0 Å². The number of hydrogen-bond donors (Lipinski definition) is 0. The summed E-state index contributed by atoms with van der Waals surface area (Å²) in [4.78, 5) is 35.9. The van der Waals surface area contributed by atoms with Gasteiger partial charge in [-0.15, -0.1) is 0 Å². The van der Waals surface area contributed by atoms with E-state index in [2.05, 4.69) is 33.9 Å². The van der Waals surface area contributed by atoms with Crippen LogP contribution in [0.2, 0.25) is 28.2 Å². The number of halogens is 2. The molecule has 1 aromatic heterocycles. The van der Waals surface area contributed by atoms with Gasteiger partial charge in [0.2, 0.25) is 0 Å². The average molecular weight is 648 g/mol. The Labute approximate surface area is 266 Å². The molecule has 0 saturated carbocycles. The summed E-state index contributed by atoms with van der Waals surface area (Å²) in [5, 5.41) is 0.801. The molecule has 2 aromatic carbocycles. The summed E-state index contributed by atoms with van der Waals surface area (Å²) < 4.78 is 14.6. The fraction of sp³-hybridized carbons (Fsp3) is 0.531. The lowest BCUT2D eigenvalue weighted by Gasteiger charge is -2.46. The van der Waals surface area contributed by atoms with Crippen molar-refractivity contribution in [2.75, 3.05) is 20.6 Å². The van der Waals surface area contributed by atoms with Gasteiger partial charge in [0.15, 0.2) is 14.1 Å². The summed E-state index contributed by atoms with van der Waals surface area (Å²) in [6, 6.07) is 12.7. The van der Waals surface area contributed by atoms with E-state index in [-0.39, 0.29) is 36.5 Å². The Morgan fingerprint density at radius 1 is 1.09 bits per heavy atom. The first-order chi connectivity index (χ1) is 20.2. The van der Waals surface area contributed by atoms with Crippen LogP contribution in [0, 0.1) is 0 Å². The number of amides is 1. The molecule has 1 saturated heterocycles. The highest BCUT2D eigenvalue weighted by molar-refractivity contribution is 6.74.